The van der Waals surface area contributed by atoms with Crippen molar-refractivity contribution in [2.45, 2.75) is 12.6 Å². The first-order valence-electron chi connectivity index (χ1n) is 7.80. The van der Waals surface area contributed by atoms with E-state index in [4.69, 9.17) is 10.5 Å². The molecule has 0 aliphatic carbocycles. The van der Waals surface area contributed by atoms with Crippen molar-refractivity contribution in [3.63, 3.8) is 0 Å². The molecule has 0 radical (unpaired) electrons. The number of aryl methyl sites for hydroxylation is 1. The van der Waals surface area contributed by atoms with Crippen LogP contribution in [-0.2, 0) is 25.4 Å². The second kappa shape index (κ2) is 6.38. The molecule has 0 bridgehead atoms. The quantitative estimate of drug-likeness (QED) is 0.644. The van der Waals surface area contributed by atoms with E-state index in [2.05, 4.69) is 9.88 Å². The molecule has 10 nitrogen and oxygen atoms in total. The number of anilines is 1. The predicted molar refractivity (Wildman–Crippen MR) is 87.9 cm³/mol. The molecule has 1 atom stereocenters. The first-order valence-corrected chi connectivity index (χ1v) is 7.80. The van der Waals surface area contributed by atoms with Gasteiger partial charge in [0, 0.05) is 33.7 Å². The molecule has 132 valence electrons. The van der Waals surface area contributed by atoms with Crippen LogP contribution in [0, 0.1) is 0 Å². The van der Waals surface area contributed by atoms with Gasteiger partial charge in [-0.1, -0.05) is 0 Å². The molecule has 3 heterocycles. The van der Waals surface area contributed by atoms with E-state index in [-0.39, 0.29) is 23.7 Å². The molecule has 0 spiro atoms. The zero-order chi connectivity index (χ0) is 17.4. The van der Waals surface area contributed by atoms with Crippen LogP contribution in [0.5, 0.6) is 0 Å². The number of nitrogen functional groups attached to an aromatic ring is 1. The lowest BCUT2D eigenvalue weighted by Gasteiger charge is -2.28. The summed E-state index contributed by atoms with van der Waals surface area (Å²) in [6, 6.07) is 0. The molecule has 2 aromatic heterocycles. The number of ether oxygens (including phenoxy) is 1. The van der Waals surface area contributed by atoms with Crippen molar-refractivity contribution in [2.24, 2.45) is 14.1 Å². The van der Waals surface area contributed by atoms with E-state index in [1.54, 1.807) is 0 Å². The smallest absolute Gasteiger partial charge is 0.332 e. The van der Waals surface area contributed by atoms with Gasteiger partial charge in [-0.2, -0.15) is 4.98 Å². The fourth-order valence-corrected chi connectivity index (χ4v) is 3.00. The molecule has 1 aliphatic rings. The van der Waals surface area contributed by atoms with Crippen molar-refractivity contribution in [1.29, 1.82) is 0 Å². The van der Waals surface area contributed by atoms with Crippen LogP contribution in [0.3, 0.4) is 0 Å². The van der Waals surface area contributed by atoms with E-state index in [0.29, 0.717) is 19.8 Å². The first kappa shape index (κ1) is 16.7. The number of imidazole rings is 1. The van der Waals surface area contributed by atoms with Gasteiger partial charge < -0.3 is 20.1 Å². The minimum Gasteiger partial charge on any atom is -0.390 e. The number of aliphatic hydroxyl groups is 1. The molecule has 24 heavy (non-hydrogen) atoms. The summed E-state index contributed by atoms with van der Waals surface area (Å²) in [5, 5.41) is 10.4. The zero-order valence-corrected chi connectivity index (χ0v) is 13.8. The highest BCUT2D eigenvalue weighted by molar-refractivity contribution is 5.73. The summed E-state index contributed by atoms with van der Waals surface area (Å²) in [6.07, 6.45) is -0.718. The van der Waals surface area contributed by atoms with E-state index >= 15 is 0 Å². The number of aromatic nitrogens is 4. The second-order valence-electron chi connectivity index (χ2n) is 6.03. The van der Waals surface area contributed by atoms with E-state index in [0.717, 1.165) is 17.7 Å². The molecule has 1 aliphatic heterocycles. The lowest BCUT2D eigenvalue weighted by atomic mass is 10.3. The number of fused-ring (bicyclic) bond motifs is 1. The Morgan fingerprint density at radius 1 is 1.21 bits per heavy atom. The summed E-state index contributed by atoms with van der Waals surface area (Å²) < 4.78 is 9.04. The summed E-state index contributed by atoms with van der Waals surface area (Å²) in [7, 11) is 2.94. The topological polar surface area (TPSA) is 121 Å². The van der Waals surface area contributed by atoms with Crippen molar-refractivity contribution in [3.8, 4) is 0 Å². The van der Waals surface area contributed by atoms with Gasteiger partial charge in [0.2, 0.25) is 5.95 Å². The maximum absolute atomic E-state index is 12.4. The average Bonchev–Trinajstić information content (AvgIpc) is 2.88. The summed E-state index contributed by atoms with van der Waals surface area (Å²) in [6.45, 7) is 3.39. The van der Waals surface area contributed by atoms with Crippen LogP contribution in [0.4, 0.5) is 5.95 Å². The van der Waals surface area contributed by atoms with Crippen LogP contribution in [0.1, 0.15) is 0 Å². The van der Waals surface area contributed by atoms with Crippen LogP contribution in [0.15, 0.2) is 9.59 Å². The van der Waals surface area contributed by atoms with Crippen molar-refractivity contribution < 1.29 is 9.84 Å². The molecule has 1 saturated heterocycles. The number of hydrogen-bond donors (Lipinski definition) is 2. The maximum Gasteiger partial charge on any atom is 0.332 e. The Hall–Kier alpha value is -2.17. The third-order valence-electron chi connectivity index (χ3n) is 4.34. The van der Waals surface area contributed by atoms with Gasteiger partial charge >= 0.3 is 5.69 Å². The Labute approximate surface area is 137 Å². The normalized spacial score (nSPS) is 17.5. The van der Waals surface area contributed by atoms with Crippen LogP contribution in [-0.4, -0.2) is 67.6 Å². The Kier molecular flexibility index (Phi) is 4.43. The number of aliphatic hydroxyl groups excluding tert-OH is 1. The Bertz CT molecular complexity index is 861. The highest BCUT2D eigenvalue weighted by atomic mass is 16.5. The van der Waals surface area contributed by atoms with Crippen molar-refractivity contribution >= 4 is 17.1 Å². The van der Waals surface area contributed by atoms with Gasteiger partial charge in [-0.25, -0.2) is 4.79 Å². The summed E-state index contributed by atoms with van der Waals surface area (Å²) >= 11 is 0. The number of rotatable bonds is 4. The minimum atomic E-state index is -0.718. The largest absolute Gasteiger partial charge is 0.390 e. The van der Waals surface area contributed by atoms with Gasteiger partial charge in [0.25, 0.3) is 5.56 Å². The van der Waals surface area contributed by atoms with Gasteiger partial charge in [-0.15, -0.1) is 0 Å². The van der Waals surface area contributed by atoms with Crippen molar-refractivity contribution in [2.75, 3.05) is 38.6 Å². The Morgan fingerprint density at radius 2 is 1.88 bits per heavy atom. The van der Waals surface area contributed by atoms with Gasteiger partial charge in [-0.3, -0.25) is 18.8 Å². The Morgan fingerprint density at radius 3 is 2.54 bits per heavy atom. The lowest BCUT2D eigenvalue weighted by Crippen LogP contribution is -2.42. The molecular formula is C14H22N6O4. The molecule has 3 N–H and O–H groups in total. The minimum absolute atomic E-state index is 0.101. The van der Waals surface area contributed by atoms with E-state index in [1.807, 2.05) is 0 Å². The van der Waals surface area contributed by atoms with E-state index < -0.39 is 17.4 Å². The number of nitrogens with two attached hydrogens (primary N) is 1. The standard InChI is InChI=1S/C14H22N6O4/c1-17-11-10(12(22)18(2)14(17)23)20(13(15)16-11)8-9(21)7-19-3-5-24-6-4-19/h9,21H,3-8H2,1-2H3,(H2,15,16). The first-order chi connectivity index (χ1) is 11.4. The number of hydrogen-bond acceptors (Lipinski definition) is 7. The fraction of sp³-hybridized carbons (Fsp3) is 0.643. The molecule has 0 saturated carbocycles. The lowest BCUT2D eigenvalue weighted by molar-refractivity contribution is 0.0118. The fourth-order valence-electron chi connectivity index (χ4n) is 3.00. The van der Waals surface area contributed by atoms with Gasteiger partial charge in [0.15, 0.2) is 11.2 Å². The van der Waals surface area contributed by atoms with Crippen LogP contribution >= 0.6 is 0 Å². The highest BCUT2D eigenvalue weighted by Crippen LogP contribution is 2.14. The zero-order valence-electron chi connectivity index (χ0n) is 13.8. The van der Waals surface area contributed by atoms with E-state index in [1.165, 1.54) is 23.2 Å². The van der Waals surface area contributed by atoms with E-state index in [9.17, 15) is 14.7 Å². The molecule has 3 rings (SSSR count). The number of nitrogens with zero attached hydrogens (tertiary/aromatic N) is 5. The van der Waals surface area contributed by atoms with Crippen LogP contribution in [0.25, 0.3) is 11.2 Å². The van der Waals surface area contributed by atoms with Gasteiger partial charge in [0.05, 0.1) is 25.9 Å². The third-order valence-corrected chi connectivity index (χ3v) is 4.34. The molecule has 2 aromatic rings. The molecule has 10 heteroatoms. The average molecular weight is 338 g/mol. The predicted octanol–water partition coefficient (Wildman–Crippen LogP) is -2.29. The van der Waals surface area contributed by atoms with Gasteiger partial charge in [-0.05, 0) is 0 Å². The van der Waals surface area contributed by atoms with Crippen LogP contribution < -0.4 is 17.0 Å². The van der Waals surface area contributed by atoms with Crippen LogP contribution in [0.2, 0.25) is 0 Å². The molecule has 0 amide bonds. The van der Waals surface area contributed by atoms with Gasteiger partial charge in [0.1, 0.15) is 0 Å². The molecule has 1 fully saturated rings. The highest BCUT2D eigenvalue weighted by Gasteiger charge is 2.21. The Balaban J connectivity index is 1.93. The van der Waals surface area contributed by atoms with Crippen molar-refractivity contribution in [1.82, 2.24) is 23.6 Å². The number of morpholine rings is 1. The second-order valence-corrected chi connectivity index (χ2v) is 6.03. The third kappa shape index (κ3) is 2.83. The number of β-amino-alcohol motifs (C(OH)–C–C–N with tert-alkyl or cyclic N) is 1. The van der Waals surface area contributed by atoms with Crippen molar-refractivity contribution in [3.05, 3.63) is 20.8 Å². The molecular weight excluding hydrogens is 316 g/mol. The summed E-state index contributed by atoms with van der Waals surface area (Å²) in [5.41, 5.74) is 5.42. The monoisotopic (exact) mass is 338 g/mol. The SMILES string of the molecule is Cn1c(=O)c2c(nc(N)n2CC(O)CN2CCOCC2)n(C)c1=O. The molecule has 0 aromatic carbocycles. The maximum atomic E-state index is 12.4. The summed E-state index contributed by atoms with van der Waals surface area (Å²) in [5.74, 6) is 0.101. The molecule has 1 unspecified atom stereocenters. The summed E-state index contributed by atoms with van der Waals surface area (Å²) in [4.78, 5) is 30.6.